The number of likely N-dealkylation sites (tertiary alicyclic amines) is 1. The molecule has 1 N–H and O–H groups in total. The molecule has 0 bridgehead atoms. The number of benzene rings is 2. The fraction of sp³-hybridized carbons (Fsp3) is 0.367. The van der Waals surface area contributed by atoms with Crippen molar-refractivity contribution in [1.82, 2.24) is 14.5 Å². The molecule has 0 saturated carbocycles. The number of amides is 1. The molecule has 8 heteroatoms. The lowest BCUT2D eigenvalue weighted by molar-refractivity contribution is -0.139. The van der Waals surface area contributed by atoms with Crippen molar-refractivity contribution < 1.29 is 24.2 Å². The van der Waals surface area contributed by atoms with Crippen LogP contribution in [0.3, 0.4) is 0 Å². The Labute approximate surface area is 222 Å². The Morgan fingerprint density at radius 1 is 1.13 bits per heavy atom. The van der Waals surface area contributed by atoms with E-state index in [4.69, 9.17) is 9.47 Å². The van der Waals surface area contributed by atoms with Gasteiger partial charge in [0.25, 0.3) is 11.7 Å². The van der Waals surface area contributed by atoms with Crippen molar-refractivity contribution in [2.24, 2.45) is 0 Å². The lowest BCUT2D eigenvalue weighted by atomic mass is 9.94. The van der Waals surface area contributed by atoms with Gasteiger partial charge in [-0.15, -0.1) is 0 Å². The van der Waals surface area contributed by atoms with Gasteiger partial charge in [-0.25, -0.2) is 4.98 Å². The zero-order valence-electron chi connectivity index (χ0n) is 21.8. The van der Waals surface area contributed by atoms with Crippen LogP contribution in [0.2, 0.25) is 0 Å². The molecule has 38 heavy (non-hydrogen) atoms. The number of aromatic nitrogens is 2. The standard InChI is InChI=1S/C30H33N3O5/c1-3-4-16-37-24-9-6-21(7-10-24)27-26(28(34)22-8-11-25-23(18-22)17-20(2)38-25)29(35)30(36)33(27)14-5-13-32-15-12-31-19-32/h6-12,15,18-20,27,34H,3-5,13-14,16-17H2,1-2H3/b28-26+/t20-,27+/m1/s1. The zero-order chi connectivity index (χ0) is 26.6. The number of carbonyl (C=O) groups is 2. The van der Waals surface area contributed by atoms with E-state index >= 15 is 0 Å². The molecule has 2 atom stereocenters. The molecule has 3 heterocycles. The summed E-state index contributed by atoms with van der Waals surface area (Å²) in [5.41, 5.74) is 2.32. The second-order valence-electron chi connectivity index (χ2n) is 9.87. The van der Waals surface area contributed by atoms with Crippen molar-refractivity contribution in [3.05, 3.63) is 83.4 Å². The van der Waals surface area contributed by atoms with Gasteiger partial charge in [-0.2, -0.15) is 0 Å². The number of aliphatic hydroxyl groups is 1. The lowest BCUT2D eigenvalue weighted by Crippen LogP contribution is -2.31. The molecule has 2 aliphatic heterocycles. The molecule has 198 valence electrons. The minimum absolute atomic E-state index is 0.0570. The molecule has 2 aromatic carbocycles. The van der Waals surface area contributed by atoms with Crippen LogP contribution in [0.5, 0.6) is 11.5 Å². The van der Waals surface area contributed by atoms with Crippen molar-refractivity contribution in [3.63, 3.8) is 0 Å². The van der Waals surface area contributed by atoms with Crippen LogP contribution in [0.15, 0.2) is 66.8 Å². The summed E-state index contributed by atoms with van der Waals surface area (Å²) in [6.07, 6.45) is 8.71. The van der Waals surface area contributed by atoms with E-state index in [1.807, 2.05) is 54.1 Å². The number of Topliss-reactive ketones (excluding diaryl/α,β-unsaturated/α-hetero) is 1. The number of unbranched alkanes of at least 4 members (excludes halogenated alkanes) is 1. The minimum Gasteiger partial charge on any atom is -0.507 e. The number of fused-ring (bicyclic) bond motifs is 1. The van der Waals surface area contributed by atoms with Crippen molar-refractivity contribution in [2.45, 2.75) is 58.2 Å². The Bertz CT molecular complexity index is 1330. The second kappa shape index (κ2) is 11.1. The predicted octanol–water partition coefficient (Wildman–Crippen LogP) is 4.90. The lowest BCUT2D eigenvalue weighted by Gasteiger charge is -2.25. The quantitative estimate of drug-likeness (QED) is 0.179. The van der Waals surface area contributed by atoms with Crippen LogP contribution in [0.4, 0.5) is 0 Å². The molecule has 0 unspecified atom stereocenters. The summed E-state index contributed by atoms with van der Waals surface area (Å²) in [5, 5.41) is 11.4. The van der Waals surface area contributed by atoms with E-state index in [0.29, 0.717) is 31.7 Å². The van der Waals surface area contributed by atoms with Gasteiger partial charge in [0.1, 0.15) is 23.4 Å². The number of rotatable bonds is 10. The number of aliphatic hydroxyl groups excluding tert-OH is 1. The van der Waals surface area contributed by atoms with Crippen molar-refractivity contribution >= 4 is 17.4 Å². The average Bonchev–Trinajstić information content (AvgIpc) is 3.63. The van der Waals surface area contributed by atoms with E-state index in [9.17, 15) is 14.7 Å². The van der Waals surface area contributed by atoms with Crippen molar-refractivity contribution in [3.8, 4) is 11.5 Å². The van der Waals surface area contributed by atoms with Gasteiger partial charge in [0.15, 0.2) is 0 Å². The number of hydrogen-bond acceptors (Lipinski definition) is 6. The van der Waals surface area contributed by atoms with E-state index < -0.39 is 17.7 Å². The smallest absolute Gasteiger partial charge is 0.295 e. The number of hydrogen-bond donors (Lipinski definition) is 1. The summed E-state index contributed by atoms with van der Waals surface area (Å²) < 4.78 is 13.5. The molecular weight excluding hydrogens is 482 g/mol. The summed E-state index contributed by atoms with van der Waals surface area (Å²) in [5.74, 6) is 0.0550. The van der Waals surface area contributed by atoms with Crippen LogP contribution in [0, 0.1) is 0 Å². The average molecular weight is 516 g/mol. The van der Waals surface area contributed by atoms with Gasteiger partial charge >= 0.3 is 0 Å². The molecule has 3 aromatic rings. The topological polar surface area (TPSA) is 93.9 Å². The monoisotopic (exact) mass is 515 g/mol. The van der Waals surface area contributed by atoms with Crippen molar-refractivity contribution in [2.75, 3.05) is 13.2 Å². The number of nitrogens with zero attached hydrogens (tertiary/aromatic N) is 3. The van der Waals surface area contributed by atoms with E-state index in [-0.39, 0.29) is 17.4 Å². The zero-order valence-corrected chi connectivity index (χ0v) is 21.8. The van der Waals surface area contributed by atoms with E-state index in [1.165, 1.54) is 0 Å². The highest BCUT2D eigenvalue weighted by Crippen LogP contribution is 2.41. The SMILES string of the molecule is CCCCOc1ccc([C@H]2/C(=C(\O)c3ccc4c(c3)C[C@@H](C)O4)C(=O)C(=O)N2CCCn2ccnc2)cc1. The first-order chi connectivity index (χ1) is 18.5. The van der Waals surface area contributed by atoms with Crippen LogP contribution in [0.25, 0.3) is 5.76 Å². The van der Waals surface area contributed by atoms with E-state index in [1.54, 1.807) is 23.5 Å². The Morgan fingerprint density at radius 2 is 1.95 bits per heavy atom. The van der Waals surface area contributed by atoms with E-state index in [2.05, 4.69) is 11.9 Å². The van der Waals surface area contributed by atoms with Crippen molar-refractivity contribution in [1.29, 1.82) is 0 Å². The van der Waals surface area contributed by atoms with Gasteiger partial charge in [0.2, 0.25) is 0 Å². The normalized spacial score (nSPS) is 20.0. The van der Waals surface area contributed by atoms with Gasteiger partial charge in [-0.05, 0) is 61.2 Å². The largest absolute Gasteiger partial charge is 0.507 e. The molecule has 1 amide bonds. The maximum atomic E-state index is 13.4. The second-order valence-corrected chi connectivity index (χ2v) is 9.87. The molecule has 5 rings (SSSR count). The van der Waals surface area contributed by atoms with Gasteiger partial charge < -0.3 is 24.0 Å². The van der Waals surface area contributed by atoms with Gasteiger partial charge in [0, 0.05) is 37.5 Å². The van der Waals surface area contributed by atoms with Crippen LogP contribution in [-0.4, -0.2) is 50.5 Å². The van der Waals surface area contributed by atoms with Crippen LogP contribution >= 0.6 is 0 Å². The molecule has 1 fully saturated rings. The Balaban J connectivity index is 1.48. The molecule has 1 aromatic heterocycles. The molecule has 0 aliphatic carbocycles. The third-order valence-corrected chi connectivity index (χ3v) is 7.05. The van der Waals surface area contributed by atoms with Crippen LogP contribution in [-0.2, 0) is 22.6 Å². The first-order valence-electron chi connectivity index (χ1n) is 13.2. The van der Waals surface area contributed by atoms with Crippen LogP contribution in [0.1, 0.15) is 55.8 Å². The number of aryl methyl sites for hydroxylation is 1. The molecule has 0 spiro atoms. The first-order valence-corrected chi connectivity index (χ1v) is 13.2. The molecular formula is C30H33N3O5. The summed E-state index contributed by atoms with van der Waals surface area (Å²) >= 11 is 0. The molecule has 1 saturated heterocycles. The van der Waals surface area contributed by atoms with Gasteiger partial charge in [-0.1, -0.05) is 25.5 Å². The minimum atomic E-state index is -0.703. The molecule has 2 aliphatic rings. The summed E-state index contributed by atoms with van der Waals surface area (Å²) in [4.78, 5) is 32.3. The highest BCUT2D eigenvalue weighted by Gasteiger charge is 2.45. The first kappa shape index (κ1) is 25.6. The van der Waals surface area contributed by atoms with Crippen LogP contribution < -0.4 is 9.47 Å². The molecule has 8 nitrogen and oxygen atoms in total. The fourth-order valence-electron chi connectivity index (χ4n) is 5.11. The Morgan fingerprint density at radius 3 is 2.68 bits per heavy atom. The third-order valence-electron chi connectivity index (χ3n) is 7.05. The summed E-state index contributed by atoms with van der Waals surface area (Å²) in [6.45, 7) is 5.74. The van der Waals surface area contributed by atoms with Gasteiger partial charge in [0.05, 0.1) is 24.5 Å². The Hall–Kier alpha value is -4.07. The number of imidazole rings is 1. The number of ketones is 1. The van der Waals surface area contributed by atoms with E-state index in [0.717, 1.165) is 41.9 Å². The number of ether oxygens (including phenoxy) is 2. The highest BCUT2D eigenvalue weighted by molar-refractivity contribution is 6.46. The maximum absolute atomic E-state index is 13.4. The highest BCUT2D eigenvalue weighted by atomic mass is 16.5. The third kappa shape index (κ3) is 5.16. The summed E-state index contributed by atoms with van der Waals surface area (Å²) in [6, 6.07) is 12.1. The number of carbonyl (C=O) groups excluding carboxylic acids is 2. The maximum Gasteiger partial charge on any atom is 0.295 e. The Kier molecular flexibility index (Phi) is 7.49. The summed E-state index contributed by atoms with van der Waals surface area (Å²) in [7, 11) is 0. The molecule has 0 radical (unpaired) electrons. The van der Waals surface area contributed by atoms with Gasteiger partial charge in [-0.3, -0.25) is 9.59 Å². The fourth-order valence-corrected chi connectivity index (χ4v) is 5.11. The predicted molar refractivity (Wildman–Crippen MR) is 143 cm³/mol.